The second-order valence-electron chi connectivity index (χ2n) is 15.2. The molecule has 60 heavy (non-hydrogen) atoms. The highest BCUT2D eigenvalue weighted by molar-refractivity contribution is 7.47. The van der Waals surface area contributed by atoms with E-state index in [1.54, 1.807) is 0 Å². The van der Waals surface area contributed by atoms with Crippen LogP contribution in [0.5, 0.6) is 0 Å². The molecule has 14 heteroatoms. The summed E-state index contributed by atoms with van der Waals surface area (Å²) in [6.07, 6.45) is 31.0. The van der Waals surface area contributed by atoms with Crippen LogP contribution in [0.25, 0.3) is 0 Å². The van der Waals surface area contributed by atoms with Crippen LogP contribution >= 0.6 is 7.82 Å². The molecule has 0 amide bonds. The van der Waals surface area contributed by atoms with E-state index in [1.807, 2.05) is 12.2 Å². The number of rotatable bonds is 35. The van der Waals surface area contributed by atoms with E-state index in [1.165, 1.54) is 32.1 Å². The SMILES string of the molecule is CCCC/C=C/C/C=C/CCCCCCCC(=O)OC[C@H](COP(=O)(O)OC1C(O)C(O)C(O)[C@@H](O)C1O)OC(=O)CCC/C=C/C/C=C/C/C=C/C/C=C/CCCCC. The van der Waals surface area contributed by atoms with E-state index in [4.69, 9.17) is 18.5 Å². The predicted octanol–water partition coefficient (Wildman–Crippen LogP) is 8.33. The normalized spacial score (nSPS) is 22.9. The minimum absolute atomic E-state index is 0.0141. The molecule has 344 valence electrons. The number of hydrogen-bond donors (Lipinski definition) is 6. The molecule has 1 rings (SSSR count). The van der Waals surface area contributed by atoms with E-state index >= 15 is 0 Å². The molecule has 0 aromatic rings. The van der Waals surface area contributed by atoms with Gasteiger partial charge in [-0.3, -0.25) is 18.6 Å². The number of ether oxygens (including phenoxy) is 2. The largest absolute Gasteiger partial charge is 0.472 e. The Hall–Kier alpha value is -2.71. The quantitative estimate of drug-likeness (QED) is 0.0153. The first-order valence-electron chi connectivity index (χ1n) is 22.2. The van der Waals surface area contributed by atoms with Gasteiger partial charge in [0, 0.05) is 12.8 Å². The molecule has 0 aromatic carbocycles. The van der Waals surface area contributed by atoms with Gasteiger partial charge >= 0.3 is 19.8 Å². The highest BCUT2D eigenvalue weighted by atomic mass is 31.2. The van der Waals surface area contributed by atoms with Crippen LogP contribution in [0.3, 0.4) is 0 Å². The Labute approximate surface area is 359 Å². The summed E-state index contributed by atoms with van der Waals surface area (Å²) >= 11 is 0. The summed E-state index contributed by atoms with van der Waals surface area (Å²) in [7, 11) is -5.14. The molecule has 0 saturated heterocycles. The van der Waals surface area contributed by atoms with E-state index in [0.29, 0.717) is 19.3 Å². The summed E-state index contributed by atoms with van der Waals surface area (Å²) in [5.74, 6) is -1.19. The van der Waals surface area contributed by atoms with Crippen LogP contribution in [-0.2, 0) is 32.7 Å². The summed E-state index contributed by atoms with van der Waals surface area (Å²) in [6, 6.07) is 0. The Bertz CT molecular complexity index is 1330. The molecule has 6 N–H and O–H groups in total. The lowest BCUT2D eigenvalue weighted by Crippen LogP contribution is -2.64. The van der Waals surface area contributed by atoms with Gasteiger partial charge in [-0.25, -0.2) is 4.57 Å². The molecule has 0 aliphatic heterocycles. The van der Waals surface area contributed by atoms with Gasteiger partial charge in [-0.1, -0.05) is 132 Å². The minimum atomic E-state index is -5.14. The van der Waals surface area contributed by atoms with Crippen LogP contribution in [0.1, 0.15) is 149 Å². The summed E-state index contributed by atoms with van der Waals surface area (Å²) in [6.45, 7) is 3.15. The fourth-order valence-corrected chi connectivity index (χ4v) is 7.09. The van der Waals surface area contributed by atoms with Gasteiger partial charge in [0.05, 0.1) is 6.61 Å². The molecule has 0 aromatic heterocycles. The van der Waals surface area contributed by atoms with Crippen molar-refractivity contribution in [2.24, 2.45) is 0 Å². The van der Waals surface area contributed by atoms with Crippen molar-refractivity contribution in [2.75, 3.05) is 13.2 Å². The van der Waals surface area contributed by atoms with Gasteiger partial charge < -0.3 is 39.9 Å². The average Bonchev–Trinajstić information content (AvgIpc) is 3.23. The number of phosphoric ester groups is 1. The van der Waals surface area contributed by atoms with E-state index in [9.17, 15) is 44.6 Å². The standard InChI is InChI=1S/C46H77O13P/c1-3-5-7-9-11-13-15-17-19-20-21-23-25-27-29-31-33-35-40(48)58-38(37-57-60(54,55)59-46-44(52)42(50)41(49)43(51)45(46)53)36-56-39(47)34-32-30-28-26-24-22-18-16-14-12-10-8-6-4-2/h10-13,16-19,21,23,27,29,38,41-46,49-53H,3-9,14-15,20,22,24-26,28,30-37H2,1-2H3,(H,54,55)/b12-10+,13-11+,18-16+,19-17+,23-21+,29-27+/t38-,41?,42-,43?,44?,45?,46?/m1/s1. The van der Waals surface area contributed by atoms with Crippen molar-refractivity contribution in [1.29, 1.82) is 0 Å². The molecular formula is C46H77O13P. The van der Waals surface area contributed by atoms with Crippen LogP contribution < -0.4 is 0 Å². The third kappa shape index (κ3) is 28.0. The molecule has 1 saturated carbocycles. The first-order chi connectivity index (χ1) is 28.9. The number of allylic oxidation sites excluding steroid dienone is 12. The molecule has 1 aliphatic rings. The van der Waals surface area contributed by atoms with Gasteiger partial charge in [0.1, 0.15) is 43.2 Å². The van der Waals surface area contributed by atoms with Crippen LogP contribution in [-0.4, -0.2) is 98.3 Å². The smallest absolute Gasteiger partial charge is 0.462 e. The van der Waals surface area contributed by atoms with Gasteiger partial charge in [-0.15, -0.1) is 0 Å². The summed E-state index contributed by atoms with van der Waals surface area (Å²) < 4.78 is 33.4. The number of aliphatic hydroxyl groups excluding tert-OH is 5. The Balaban J connectivity index is 2.55. The lowest BCUT2D eigenvalue weighted by molar-refractivity contribution is -0.220. The topological polar surface area (TPSA) is 210 Å². The van der Waals surface area contributed by atoms with Crippen molar-refractivity contribution < 1.29 is 63.1 Å². The second-order valence-corrected chi connectivity index (χ2v) is 16.6. The van der Waals surface area contributed by atoms with Crippen LogP contribution in [0.4, 0.5) is 0 Å². The third-order valence-electron chi connectivity index (χ3n) is 9.77. The van der Waals surface area contributed by atoms with E-state index in [0.717, 1.165) is 70.6 Å². The molecule has 13 nitrogen and oxygen atoms in total. The summed E-state index contributed by atoms with van der Waals surface area (Å²) in [5.41, 5.74) is 0. The average molecular weight is 869 g/mol. The first-order valence-corrected chi connectivity index (χ1v) is 23.7. The fraction of sp³-hybridized carbons (Fsp3) is 0.696. The van der Waals surface area contributed by atoms with Crippen molar-refractivity contribution in [3.8, 4) is 0 Å². The van der Waals surface area contributed by atoms with Crippen molar-refractivity contribution in [2.45, 2.75) is 191 Å². The highest BCUT2D eigenvalue weighted by Crippen LogP contribution is 2.47. The monoisotopic (exact) mass is 869 g/mol. The van der Waals surface area contributed by atoms with Crippen LogP contribution in [0.2, 0.25) is 0 Å². The number of phosphoric acid groups is 1. The molecule has 1 aliphatic carbocycles. The van der Waals surface area contributed by atoms with E-state index < -0.39 is 75.7 Å². The van der Waals surface area contributed by atoms with Gasteiger partial charge in [0.2, 0.25) is 0 Å². The van der Waals surface area contributed by atoms with Crippen molar-refractivity contribution in [3.63, 3.8) is 0 Å². The first kappa shape index (κ1) is 55.3. The Kier molecular flexibility index (Phi) is 33.0. The molecular weight excluding hydrogens is 791 g/mol. The lowest BCUT2D eigenvalue weighted by atomic mass is 9.85. The maximum absolute atomic E-state index is 12.8. The summed E-state index contributed by atoms with van der Waals surface area (Å²) in [4.78, 5) is 35.6. The zero-order chi connectivity index (χ0) is 44.3. The number of unbranched alkanes of at least 4 members (excludes halogenated alkanes) is 11. The molecule has 1 fully saturated rings. The molecule has 0 spiro atoms. The van der Waals surface area contributed by atoms with E-state index in [-0.39, 0.29) is 12.8 Å². The molecule has 6 unspecified atom stereocenters. The molecule has 8 atom stereocenters. The third-order valence-corrected chi connectivity index (χ3v) is 10.8. The highest BCUT2D eigenvalue weighted by Gasteiger charge is 2.51. The van der Waals surface area contributed by atoms with Crippen LogP contribution in [0, 0.1) is 0 Å². The van der Waals surface area contributed by atoms with Crippen molar-refractivity contribution in [1.82, 2.24) is 0 Å². The number of carbonyl (C=O) groups excluding carboxylic acids is 2. The predicted molar refractivity (Wildman–Crippen MR) is 235 cm³/mol. The Morgan fingerprint density at radius 1 is 0.517 bits per heavy atom. The number of esters is 2. The van der Waals surface area contributed by atoms with Crippen molar-refractivity contribution in [3.05, 3.63) is 72.9 Å². The van der Waals surface area contributed by atoms with Gasteiger partial charge in [-0.2, -0.15) is 0 Å². The zero-order valence-electron chi connectivity index (χ0n) is 36.2. The van der Waals surface area contributed by atoms with Gasteiger partial charge in [-0.05, 0) is 77.0 Å². The Morgan fingerprint density at radius 2 is 0.933 bits per heavy atom. The number of hydrogen-bond acceptors (Lipinski definition) is 12. The van der Waals surface area contributed by atoms with Crippen LogP contribution in [0.15, 0.2) is 72.9 Å². The molecule has 0 radical (unpaired) electrons. The lowest BCUT2D eigenvalue weighted by Gasteiger charge is -2.41. The summed E-state index contributed by atoms with van der Waals surface area (Å²) in [5, 5.41) is 50.1. The molecule has 0 heterocycles. The van der Waals surface area contributed by atoms with Gasteiger partial charge in [0.15, 0.2) is 6.10 Å². The Morgan fingerprint density at radius 3 is 1.47 bits per heavy atom. The fourth-order valence-electron chi connectivity index (χ4n) is 6.12. The zero-order valence-corrected chi connectivity index (χ0v) is 37.1. The van der Waals surface area contributed by atoms with Gasteiger partial charge in [0.25, 0.3) is 0 Å². The maximum atomic E-state index is 12.8. The second kappa shape index (κ2) is 35.8. The minimum Gasteiger partial charge on any atom is -0.462 e. The maximum Gasteiger partial charge on any atom is 0.472 e. The number of carbonyl (C=O) groups is 2. The van der Waals surface area contributed by atoms with E-state index in [2.05, 4.69) is 74.6 Å². The molecule has 0 bridgehead atoms. The van der Waals surface area contributed by atoms with Crippen molar-refractivity contribution >= 4 is 19.8 Å². The number of aliphatic hydroxyl groups is 5.